The molecule has 0 bridgehead atoms. The Balaban J connectivity index is 1.89. The molecule has 1 aromatic heterocycles. The highest BCUT2D eigenvalue weighted by molar-refractivity contribution is 7.16. The van der Waals surface area contributed by atoms with Gasteiger partial charge in [-0.2, -0.15) is 10.5 Å². The number of aliphatic hydroxyl groups excluding tert-OH is 1. The first kappa shape index (κ1) is 56.1. The monoisotopic (exact) mass is 923 g/mol. The van der Waals surface area contributed by atoms with Gasteiger partial charge in [-0.15, -0.1) is 21.6 Å². The van der Waals surface area contributed by atoms with E-state index in [4.69, 9.17) is 23.7 Å². The van der Waals surface area contributed by atoms with Crippen LogP contribution in [0.15, 0.2) is 52.7 Å². The summed E-state index contributed by atoms with van der Waals surface area (Å²) in [7, 11) is 0. The number of aliphatic carboxylic acids is 2. The Labute approximate surface area is 388 Å². The average molecular weight is 924 g/mol. The zero-order valence-corrected chi connectivity index (χ0v) is 39.4. The highest BCUT2D eigenvalue weighted by Crippen LogP contribution is 2.36. The molecule has 3 atom stereocenters. The number of carbonyl (C=O) groups is 3. The Morgan fingerprint density at radius 2 is 1.35 bits per heavy atom. The van der Waals surface area contributed by atoms with Crippen LogP contribution in [0.3, 0.4) is 0 Å². The van der Waals surface area contributed by atoms with E-state index in [0.29, 0.717) is 59.4 Å². The summed E-state index contributed by atoms with van der Waals surface area (Å²) in [5.41, 5.74) is 3.18. The predicted molar refractivity (Wildman–Crippen MR) is 249 cm³/mol. The van der Waals surface area contributed by atoms with Gasteiger partial charge in [0.25, 0.3) is 0 Å². The van der Waals surface area contributed by atoms with Crippen LogP contribution in [0.2, 0.25) is 0 Å². The lowest BCUT2D eigenvalue weighted by Crippen LogP contribution is -2.32. The van der Waals surface area contributed by atoms with Crippen molar-refractivity contribution in [1.29, 1.82) is 10.5 Å². The third-order valence-corrected chi connectivity index (χ3v) is 11.3. The second-order valence-electron chi connectivity index (χ2n) is 15.4. The molecule has 0 aliphatic rings. The second kappa shape index (κ2) is 34.4. The van der Waals surface area contributed by atoms with Gasteiger partial charge in [0.15, 0.2) is 11.3 Å². The molecule has 0 saturated carbocycles. The first-order chi connectivity index (χ1) is 31.4. The van der Waals surface area contributed by atoms with Crippen molar-refractivity contribution in [2.75, 3.05) is 70.8 Å². The Morgan fingerprint density at radius 3 is 1.92 bits per heavy atom. The van der Waals surface area contributed by atoms with Crippen molar-refractivity contribution in [1.82, 2.24) is 0 Å². The van der Waals surface area contributed by atoms with Crippen molar-refractivity contribution in [3.8, 4) is 12.1 Å². The minimum absolute atomic E-state index is 0.00220. The number of benzene rings is 1. The molecule has 17 heteroatoms. The lowest BCUT2D eigenvalue weighted by Gasteiger charge is -2.25. The quantitative estimate of drug-likeness (QED) is 0.0188. The molecule has 0 aliphatic carbocycles. The maximum absolute atomic E-state index is 12.3. The van der Waals surface area contributed by atoms with Crippen LogP contribution in [0.1, 0.15) is 112 Å². The molecule has 16 nitrogen and oxygen atoms in total. The van der Waals surface area contributed by atoms with Gasteiger partial charge in [-0.1, -0.05) is 63.8 Å². The summed E-state index contributed by atoms with van der Waals surface area (Å²) in [5, 5.41) is 57.5. The molecule has 0 spiro atoms. The van der Waals surface area contributed by atoms with Gasteiger partial charge in [-0.25, -0.2) is 0 Å². The van der Waals surface area contributed by atoms with E-state index in [1.165, 1.54) is 0 Å². The molecule has 0 saturated heterocycles. The van der Waals surface area contributed by atoms with E-state index in [9.17, 15) is 40.2 Å². The molecule has 2 rings (SSSR count). The zero-order chi connectivity index (χ0) is 47.7. The number of allylic oxidation sites excluding steroid dienone is 4. The number of hydrogen-bond donors (Lipinski definition) is 3. The summed E-state index contributed by atoms with van der Waals surface area (Å²) in [6.45, 7) is 10.4. The lowest BCUT2D eigenvalue weighted by molar-refractivity contribution is -0.152. The largest absolute Gasteiger partial charge is 0.481 e. The third-order valence-electron chi connectivity index (χ3n) is 10.3. The predicted octanol–water partition coefficient (Wildman–Crippen LogP) is 9.49. The first-order valence-electron chi connectivity index (χ1n) is 22.6. The van der Waals surface area contributed by atoms with Crippen molar-refractivity contribution in [2.45, 2.75) is 111 Å². The van der Waals surface area contributed by atoms with E-state index in [1.54, 1.807) is 6.92 Å². The van der Waals surface area contributed by atoms with Crippen LogP contribution in [0.5, 0.6) is 0 Å². The molecule has 1 aromatic carbocycles. The SMILES string of the molecule is CCCCC/C=C/CC(CC(=O)OCCOCCOCCN(CCOCCOC(O)CC(C/C=C/CCCCC)C(=O)O)c1ccc(N=Nc2sc(C#N)c(C)c2C#N)c(C)c1)C(=O)O. The number of carbonyl (C=O) groups excluding carboxylic acids is 1. The number of aliphatic hydroxyl groups is 1. The van der Waals surface area contributed by atoms with Crippen LogP contribution in [0, 0.1) is 48.3 Å². The molecule has 358 valence electrons. The fraction of sp³-hybridized carbons (Fsp3) is 0.604. The van der Waals surface area contributed by atoms with Gasteiger partial charge >= 0.3 is 17.9 Å². The van der Waals surface area contributed by atoms with Gasteiger partial charge in [0.1, 0.15) is 23.6 Å². The highest BCUT2D eigenvalue weighted by atomic mass is 32.1. The highest BCUT2D eigenvalue weighted by Gasteiger charge is 2.22. The summed E-state index contributed by atoms with van der Waals surface area (Å²) in [4.78, 5) is 38.1. The number of hydrogen-bond acceptors (Lipinski definition) is 15. The number of nitriles is 2. The normalized spacial score (nSPS) is 13.0. The number of nitrogens with zero attached hydrogens (tertiary/aromatic N) is 5. The molecular weight excluding hydrogens is 855 g/mol. The van der Waals surface area contributed by atoms with Crippen molar-refractivity contribution >= 4 is 45.6 Å². The number of unbranched alkanes of at least 4 members (excludes halogenated alkanes) is 6. The van der Waals surface area contributed by atoms with Gasteiger partial charge in [-0.05, 0) is 81.7 Å². The molecule has 3 N–H and O–H groups in total. The second-order valence-corrected chi connectivity index (χ2v) is 16.4. The number of thiophene rings is 1. The van der Waals surface area contributed by atoms with Crippen LogP contribution in [-0.4, -0.2) is 105 Å². The third kappa shape index (κ3) is 23.7. The van der Waals surface area contributed by atoms with Crippen LogP contribution >= 0.6 is 11.3 Å². The fourth-order valence-electron chi connectivity index (χ4n) is 6.38. The Kier molecular flexibility index (Phi) is 29.7. The number of carboxylic acid groups (broad SMARTS) is 2. The van der Waals surface area contributed by atoms with Gasteiger partial charge < -0.3 is 43.9 Å². The minimum atomic E-state index is -1.24. The summed E-state index contributed by atoms with van der Waals surface area (Å²) in [6, 6.07) is 9.86. The average Bonchev–Trinajstić information content (AvgIpc) is 3.60. The topological polar surface area (TPSA) is 234 Å². The van der Waals surface area contributed by atoms with Crippen molar-refractivity contribution in [2.24, 2.45) is 22.1 Å². The van der Waals surface area contributed by atoms with Gasteiger partial charge in [0.05, 0.1) is 75.8 Å². The molecule has 0 amide bonds. The molecule has 0 fully saturated rings. The maximum Gasteiger partial charge on any atom is 0.307 e. The van der Waals surface area contributed by atoms with Crippen molar-refractivity contribution in [3.05, 3.63) is 64.1 Å². The fourth-order valence-corrected chi connectivity index (χ4v) is 7.25. The van der Waals surface area contributed by atoms with E-state index in [2.05, 4.69) is 41.1 Å². The van der Waals surface area contributed by atoms with Crippen LogP contribution in [-0.2, 0) is 38.1 Å². The molecular formula is C48H69N5O11S. The number of ether oxygens (including phenoxy) is 5. The Hall–Kier alpha value is -5.01. The Morgan fingerprint density at radius 1 is 0.769 bits per heavy atom. The van der Waals surface area contributed by atoms with Gasteiger partial charge in [0, 0.05) is 25.2 Å². The van der Waals surface area contributed by atoms with Crippen LogP contribution in [0.25, 0.3) is 0 Å². The number of esters is 1. The summed E-state index contributed by atoms with van der Waals surface area (Å²) < 4.78 is 27.9. The van der Waals surface area contributed by atoms with Gasteiger partial charge in [0.2, 0.25) is 0 Å². The summed E-state index contributed by atoms with van der Waals surface area (Å²) in [6.07, 6.45) is 15.1. The van der Waals surface area contributed by atoms with Crippen LogP contribution in [0.4, 0.5) is 16.4 Å². The van der Waals surface area contributed by atoms with E-state index < -0.39 is 36.0 Å². The van der Waals surface area contributed by atoms with E-state index in [-0.39, 0.29) is 58.9 Å². The maximum atomic E-state index is 12.3. The van der Waals surface area contributed by atoms with Gasteiger partial charge in [-0.3, -0.25) is 14.4 Å². The first-order valence-corrected chi connectivity index (χ1v) is 23.4. The van der Waals surface area contributed by atoms with Crippen LogP contribution < -0.4 is 4.90 Å². The molecule has 3 unspecified atom stereocenters. The molecule has 0 radical (unpaired) electrons. The minimum Gasteiger partial charge on any atom is -0.481 e. The van der Waals surface area contributed by atoms with E-state index in [1.807, 2.05) is 49.4 Å². The zero-order valence-electron chi connectivity index (χ0n) is 38.6. The standard InChI is InChI=1S/C48H69N5O11S/c1-5-7-9-11-13-15-17-38(47(56)57)32-44(54)63-29-27-61-24-22-53(40-19-20-42(36(3)31-40)51-52-46-41(34-49)37(4)43(35-50)65-46)21-23-60-25-26-62-28-30-64-45(55)33-39(48(58)59)18-16-14-12-10-8-6-2/h13-16,19-20,31,38-39,44,54H,5-12,17-18,21-30,32-33H2,1-4H3,(H,56,57)(H,58,59)/b15-13+,16-14+,52-51?. The number of anilines is 1. The summed E-state index contributed by atoms with van der Waals surface area (Å²) in [5.74, 6) is -4.20. The number of rotatable bonds is 37. The van der Waals surface area contributed by atoms with Crippen molar-refractivity contribution in [3.63, 3.8) is 0 Å². The number of azo groups is 1. The molecule has 0 aliphatic heterocycles. The van der Waals surface area contributed by atoms with E-state index in [0.717, 1.165) is 74.0 Å². The van der Waals surface area contributed by atoms with Crippen molar-refractivity contribution < 1.29 is 53.4 Å². The molecule has 2 aromatic rings. The van der Waals surface area contributed by atoms with E-state index >= 15 is 0 Å². The lowest BCUT2D eigenvalue weighted by atomic mass is 10.0. The Bertz CT molecular complexity index is 1890. The molecule has 65 heavy (non-hydrogen) atoms. The summed E-state index contributed by atoms with van der Waals surface area (Å²) >= 11 is 1.12. The smallest absolute Gasteiger partial charge is 0.307 e. The number of carboxylic acids is 2. The molecule has 1 heterocycles. The number of aryl methyl sites for hydroxylation is 1.